The van der Waals surface area contributed by atoms with Crippen molar-refractivity contribution >= 4 is 5.97 Å². The van der Waals surface area contributed by atoms with Gasteiger partial charge in [-0.3, -0.25) is 4.90 Å². The first-order valence-corrected chi connectivity index (χ1v) is 8.10. The summed E-state index contributed by atoms with van der Waals surface area (Å²) in [6.07, 6.45) is 3.92. The van der Waals surface area contributed by atoms with E-state index in [0.717, 1.165) is 29.9 Å². The summed E-state index contributed by atoms with van der Waals surface area (Å²) in [5, 5.41) is 4.42. The summed E-state index contributed by atoms with van der Waals surface area (Å²) >= 11 is 0. The maximum absolute atomic E-state index is 11.6. The van der Waals surface area contributed by atoms with Gasteiger partial charge < -0.3 is 4.74 Å². The Morgan fingerprint density at radius 2 is 1.84 bits per heavy atom. The molecule has 3 rings (SSSR count). The predicted molar refractivity (Wildman–Crippen MR) is 96.5 cm³/mol. The van der Waals surface area contributed by atoms with Crippen molar-refractivity contribution in [1.82, 2.24) is 14.7 Å². The Labute approximate surface area is 147 Å². The summed E-state index contributed by atoms with van der Waals surface area (Å²) in [5.41, 5.74) is 3.82. The second-order valence-electron chi connectivity index (χ2n) is 5.99. The number of nitrogens with zero attached hydrogens (tertiary/aromatic N) is 3. The van der Waals surface area contributed by atoms with Gasteiger partial charge in [-0.15, -0.1) is 0 Å². The smallest absolute Gasteiger partial charge is 0.337 e. The van der Waals surface area contributed by atoms with Crippen LogP contribution in [0.15, 0.2) is 67.0 Å². The quantitative estimate of drug-likeness (QED) is 0.649. The molecule has 0 aliphatic rings. The molecular formula is C20H21N3O2. The molecule has 0 amide bonds. The van der Waals surface area contributed by atoms with Crippen LogP contribution in [0.25, 0.3) is 5.69 Å². The number of carbonyl (C=O) groups excluding carboxylic acids is 1. The molecule has 0 atom stereocenters. The molecular weight excluding hydrogens is 314 g/mol. The van der Waals surface area contributed by atoms with Crippen LogP contribution in [-0.2, 0) is 17.8 Å². The van der Waals surface area contributed by atoms with Crippen LogP contribution in [0.5, 0.6) is 0 Å². The van der Waals surface area contributed by atoms with Crippen molar-refractivity contribution in [3.05, 3.63) is 83.7 Å². The Kier molecular flexibility index (Phi) is 5.26. The number of aromatic nitrogens is 2. The first-order valence-electron chi connectivity index (χ1n) is 8.10. The van der Waals surface area contributed by atoms with Gasteiger partial charge in [-0.25, -0.2) is 9.48 Å². The predicted octanol–water partition coefficient (Wildman–Crippen LogP) is 3.29. The third-order valence-corrected chi connectivity index (χ3v) is 3.91. The number of rotatable bonds is 6. The minimum atomic E-state index is -0.311. The van der Waals surface area contributed by atoms with Crippen molar-refractivity contribution in [2.75, 3.05) is 14.2 Å². The number of hydrogen-bond donors (Lipinski definition) is 0. The highest BCUT2D eigenvalue weighted by atomic mass is 16.5. The molecule has 1 aromatic heterocycles. The molecule has 0 radical (unpaired) electrons. The van der Waals surface area contributed by atoms with Gasteiger partial charge in [0.25, 0.3) is 0 Å². The number of esters is 1. The van der Waals surface area contributed by atoms with Gasteiger partial charge in [-0.05, 0) is 36.9 Å². The van der Waals surface area contributed by atoms with Crippen LogP contribution in [-0.4, -0.2) is 34.8 Å². The van der Waals surface area contributed by atoms with E-state index in [0.29, 0.717) is 5.56 Å². The minimum Gasteiger partial charge on any atom is -0.465 e. The van der Waals surface area contributed by atoms with Gasteiger partial charge >= 0.3 is 5.97 Å². The summed E-state index contributed by atoms with van der Waals surface area (Å²) < 4.78 is 6.65. The van der Waals surface area contributed by atoms with Gasteiger partial charge in [0, 0.05) is 24.8 Å². The van der Waals surface area contributed by atoms with Crippen molar-refractivity contribution in [2.24, 2.45) is 0 Å². The molecule has 0 N–H and O–H groups in total. The number of methoxy groups -OCH3 is 1. The third kappa shape index (κ3) is 4.33. The normalized spacial score (nSPS) is 10.8. The fourth-order valence-corrected chi connectivity index (χ4v) is 2.76. The summed E-state index contributed by atoms with van der Waals surface area (Å²) in [5.74, 6) is -0.311. The van der Waals surface area contributed by atoms with Gasteiger partial charge in [-0.1, -0.05) is 30.3 Å². The van der Waals surface area contributed by atoms with Crippen molar-refractivity contribution in [2.45, 2.75) is 13.1 Å². The van der Waals surface area contributed by atoms with Crippen LogP contribution < -0.4 is 0 Å². The van der Waals surface area contributed by atoms with Crippen LogP contribution >= 0.6 is 0 Å². The summed E-state index contributed by atoms with van der Waals surface area (Å²) in [6, 6.07) is 17.6. The number of hydrogen-bond acceptors (Lipinski definition) is 4. The molecule has 0 bridgehead atoms. The Balaban J connectivity index is 1.64. The number of para-hydroxylation sites is 1. The molecule has 0 unspecified atom stereocenters. The lowest BCUT2D eigenvalue weighted by Gasteiger charge is -2.16. The number of carbonyl (C=O) groups is 1. The largest absolute Gasteiger partial charge is 0.465 e. The molecule has 128 valence electrons. The molecule has 3 aromatic rings. The molecule has 25 heavy (non-hydrogen) atoms. The average molecular weight is 335 g/mol. The Bertz CT molecular complexity index is 843. The fraction of sp³-hybridized carbons (Fsp3) is 0.200. The Morgan fingerprint density at radius 1 is 1.08 bits per heavy atom. The van der Waals surface area contributed by atoms with Gasteiger partial charge in [0.1, 0.15) is 0 Å². The lowest BCUT2D eigenvalue weighted by atomic mass is 10.1. The molecule has 5 nitrogen and oxygen atoms in total. The van der Waals surface area contributed by atoms with E-state index in [1.54, 1.807) is 6.07 Å². The topological polar surface area (TPSA) is 47.4 Å². The highest BCUT2D eigenvalue weighted by Crippen LogP contribution is 2.12. The van der Waals surface area contributed by atoms with E-state index in [1.165, 1.54) is 7.11 Å². The lowest BCUT2D eigenvalue weighted by Crippen LogP contribution is -2.17. The molecule has 0 saturated heterocycles. The van der Waals surface area contributed by atoms with Gasteiger partial charge in [0.05, 0.1) is 24.6 Å². The molecule has 1 heterocycles. The average Bonchev–Trinajstić information content (AvgIpc) is 3.10. The molecule has 0 fully saturated rings. The van der Waals surface area contributed by atoms with E-state index in [-0.39, 0.29) is 5.97 Å². The maximum Gasteiger partial charge on any atom is 0.337 e. The molecule has 0 saturated carbocycles. The summed E-state index contributed by atoms with van der Waals surface area (Å²) in [6.45, 7) is 1.51. The van der Waals surface area contributed by atoms with E-state index in [1.807, 2.05) is 72.7 Å². The zero-order valence-electron chi connectivity index (χ0n) is 14.4. The first-order chi connectivity index (χ1) is 12.2. The van der Waals surface area contributed by atoms with Crippen LogP contribution in [0.2, 0.25) is 0 Å². The monoisotopic (exact) mass is 335 g/mol. The van der Waals surface area contributed by atoms with E-state index in [9.17, 15) is 4.79 Å². The zero-order chi connectivity index (χ0) is 17.6. The maximum atomic E-state index is 11.6. The first kappa shape index (κ1) is 16.9. The van der Waals surface area contributed by atoms with Gasteiger partial charge in [0.2, 0.25) is 0 Å². The van der Waals surface area contributed by atoms with E-state index in [2.05, 4.69) is 10.00 Å². The highest BCUT2D eigenvalue weighted by molar-refractivity contribution is 5.89. The number of ether oxygens (including phenoxy) is 1. The van der Waals surface area contributed by atoms with Gasteiger partial charge in [0.15, 0.2) is 0 Å². The second kappa shape index (κ2) is 7.77. The standard InChI is InChI=1S/C20H21N3O2/c1-22(13-16-7-6-8-18(11-16)20(24)25-2)14-17-12-21-23(15-17)19-9-4-3-5-10-19/h3-12,15H,13-14H2,1-2H3. The minimum absolute atomic E-state index is 0.311. The fourth-order valence-electron chi connectivity index (χ4n) is 2.76. The highest BCUT2D eigenvalue weighted by Gasteiger charge is 2.08. The third-order valence-electron chi connectivity index (χ3n) is 3.91. The number of benzene rings is 2. The van der Waals surface area contributed by atoms with Crippen molar-refractivity contribution < 1.29 is 9.53 Å². The molecule has 2 aromatic carbocycles. The van der Waals surface area contributed by atoms with E-state index >= 15 is 0 Å². The summed E-state index contributed by atoms with van der Waals surface area (Å²) in [4.78, 5) is 13.8. The molecule has 0 spiro atoms. The lowest BCUT2D eigenvalue weighted by molar-refractivity contribution is 0.0600. The summed E-state index contributed by atoms with van der Waals surface area (Å²) in [7, 11) is 3.44. The van der Waals surface area contributed by atoms with Crippen LogP contribution in [0.1, 0.15) is 21.5 Å². The van der Waals surface area contributed by atoms with Gasteiger partial charge in [-0.2, -0.15) is 5.10 Å². The second-order valence-corrected chi connectivity index (χ2v) is 5.99. The SMILES string of the molecule is COC(=O)c1cccc(CN(C)Cc2cnn(-c3ccccc3)c2)c1. The van der Waals surface area contributed by atoms with Crippen molar-refractivity contribution in [3.8, 4) is 5.69 Å². The molecule has 0 aliphatic heterocycles. The Hall–Kier alpha value is -2.92. The Morgan fingerprint density at radius 3 is 2.60 bits per heavy atom. The van der Waals surface area contributed by atoms with E-state index < -0.39 is 0 Å². The van der Waals surface area contributed by atoms with Crippen LogP contribution in [0, 0.1) is 0 Å². The van der Waals surface area contributed by atoms with E-state index in [4.69, 9.17) is 4.74 Å². The van der Waals surface area contributed by atoms with Crippen LogP contribution in [0.4, 0.5) is 0 Å². The van der Waals surface area contributed by atoms with Crippen molar-refractivity contribution in [1.29, 1.82) is 0 Å². The van der Waals surface area contributed by atoms with Crippen molar-refractivity contribution in [3.63, 3.8) is 0 Å². The van der Waals surface area contributed by atoms with Crippen LogP contribution in [0.3, 0.4) is 0 Å². The molecule has 5 heteroatoms. The molecule has 0 aliphatic carbocycles. The zero-order valence-corrected chi connectivity index (χ0v) is 14.4.